The van der Waals surface area contributed by atoms with E-state index in [1.807, 2.05) is 18.2 Å². The van der Waals surface area contributed by atoms with Crippen LogP contribution in [0.15, 0.2) is 22.7 Å². The van der Waals surface area contributed by atoms with Crippen LogP contribution < -0.4 is 9.47 Å². The first-order valence-electron chi connectivity index (χ1n) is 11.4. The number of nitrogens with zero attached hydrogens (tertiary/aromatic N) is 6. The highest BCUT2D eigenvalue weighted by Crippen LogP contribution is 2.32. The fraction of sp³-hybridized carbons (Fsp3) is 0.565. The van der Waals surface area contributed by atoms with Gasteiger partial charge in [0.25, 0.3) is 0 Å². The fourth-order valence-corrected chi connectivity index (χ4v) is 4.82. The van der Waals surface area contributed by atoms with Crippen LogP contribution in [-0.4, -0.2) is 57.1 Å². The topological polar surface area (TPSA) is 91.3 Å². The van der Waals surface area contributed by atoms with Crippen molar-refractivity contribution in [2.45, 2.75) is 57.5 Å². The van der Waals surface area contributed by atoms with E-state index in [-0.39, 0.29) is 0 Å². The van der Waals surface area contributed by atoms with Crippen LogP contribution in [0.3, 0.4) is 0 Å². The van der Waals surface area contributed by atoms with Gasteiger partial charge in [-0.3, -0.25) is 4.90 Å². The van der Waals surface area contributed by atoms with Crippen molar-refractivity contribution in [3.05, 3.63) is 35.7 Å². The van der Waals surface area contributed by atoms with Crippen LogP contribution >= 0.6 is 0 Å². The molecule has 32 heavy (non-hydrogen) atoms. The molecule has 0 saturated carbocycles. The normalized spacial score (nSPS) is 19.4. The predicted octanol–water partition coefficient (Wildman–Crippen LogP) is 3.45. The van der Waals surface area contributed by atoms with Crippen molar-refractivity contribution in [3.8, 4) is 22.9 Å². The summed E-state index contributed by atoms with van der Waals surface area (Å²) in [6.45, 7) is 3.64. The summed E-state index contributed by atoms with van der Waals surface area (Å²) in [5.74, 6) is 5.20. The third-order valence-corrected chi connectivity index (χ3v) is 6.48. The molecule has 1 atom stereocenters. The van der Waals surface area contributed by atoms with Crippen molar-refractivity contribution in [1.29, 1.82) is 0 Å². The van der Waals surface area contributed by atoms with E-state index in [0.29, 0.717) is 35.7 Å². The van der Waals surface area contributed by atoms with Crippen molar-refractivity contribution in [3.63, 3.8) is 0 Å². The fourth-order valence-electron chi connectivity index (χ4n) is 4.82. The average molecular weight is 439 g/mol. The van der Waals surface area contributed by atoms with Gasteiger partial charge < -0.3 is 18.6 Å². The van der Waals surface area contributed by atoms with E-state index in [9.17, 15) is 0 Å². The van der Waals surface area contributed by atoms with E-state index in [1.54, 1.807) is 14.2 Å². The van der Waals surface area contributed by atoms with E-state index >= 15 is 0 Å². The van der Waals surface area contributed by atoms with Crippen molar-refractivity contribution in [2.24, 2.45) is 0 Å². The van der Waals surface area contributed by atoms with Gasteiger partial charge >= 0.3 is 0 Å². The minimum atomic E-state index is 0.399. The maximum Gasteiger partial charge on any atom is 0.241 e. The minimum absolute atomic E-state index is 0.399. The van der Waals surface area contributed by atoms with Gasteiger partial charge in [0.05, 0.1) is 20.8 Å². The average Bonchev–Trinajstić information content (AvgIpc) is 3.39. The summed E-state index contributed by atoms with van der Waals surface area (Å²) in [7, 11) is 3.23. The lowest BCUT2D eigenvalue weighted by Gasteiger charge is -2.31. The summed E-state index contributed by atoms with van der Waals surface area (Å²) in [4.78, 5) is 7.01. The highest BCUT2D eigenvalue weighted by atomic mass is 16.5. The van der Waals surface area contributed by atoms with Gasteiger partial charge in [0, 0.05) is 31.0 Å². The molecule has 3 aromatic rings. The van der Waals surface area contributed by atoms with Crippen molar-refractivity contribution >= 4 is 0 Å². The lowest BCUT2D eigenvalue weighted by Crippen LogP contribution is -2.35. The maximum atomic E-state index is 5.58. The van der Waals surface area contributed by atoms with Crippen molar-refractivity contribution in [2.75, 3.05) is 27.3 Å². The van der Waals surface area contributed by atoms with Gasteiger partial charge in [-0.05, 0) is 50.4 Å². The monoisotopic (exact) mass is 438 g/mol. The molecule has 1 fully saturated rings. The molecule has 170 valence electrons. The van der Waals surface area contributed by atoms with Gasteiger partial charge in [0.1, 0.15) is 11.6 Å². The molecule has 0 bridgehead atoms. The molecule has 0 radical (unpaired) electrons. The Morgan fingerprint density at radius 1 is 1.03 bits per heavy atom. The zero-order valence-electron chi connectivity index (χ0n) is 18.8. The maximum absolute atomic E-state index is 5.58. The van der Waals surface area contributed by atoms with E-state index in [1.165, 1.54) is 19.3 Å². The molecule has 4 heterocycles. The Labute approximate surface area is 187 Å². The molecule has 9 heteroatoms. The summed E-state index contributed by atoms with van der Waals surface area (Å²) < 4.78 is 18.7. The Morgan fingerprint density at radius 3 is 2.81 bits per heavy atom. The number of likely N-dealkylation sites (tertiary alicyclic amines) is 1. The molecule has 0 N–H and O–H groups in total. The second-order valence-corrected chi connectivity index (χ2v) is 8.59. The smallest absolute Gasteiger partial charge is 0.241 e. The number of aryl methyl sites for hydroxylation is 1. The van der Waals surface area contributed by atoms with E-state index in [0.717, 1.165) is 56.1 Å². The second kappa shape index (κ2) is 9.28. The molecule has 2 aliphatic heterocycles. The van der Waals surface area contributed by atoms with Gasteiger partial charge in [-0.15, -0.1) is 10.2 Å². The quantitative estimate of drug-likeness (QED) is 0.578. The lowest BCUT2D eigenvalue weighted by atomic mass is 9.97. The molecule has 9 nitrogen and oxygen atoms in total. The first kappa shape index (κ1) is 20.9. The summed E-state index contributed by atoms with van der Waals surface area (Å²) in [5.41, 5.74) is 0.834. The molecule has 0 amide bonds. The molecule has 0 unspecified atom stereocenters. The number of benzene rings is 1. The van der Waals surface area contributed by atoms with Gasteiger partial charge in [0.2, 0.25) is 11.7 Å². The van der Waals surface area contributed by atoms with Gasteiger partial charge in [-0.1, -0.05) is 11.6 Å². The predicted molar refractivity (Wildman–Crippen MR) is 118 cm³/mol. The van der Waals surface area contributed by atoms with Crippen molar-refractivity contribution in [1.82, 2.24) is 29.8 Å². The van der Waals surface area contributed by atoms with Gasteiger partial charge in [-0.25, -0.2) is 0 Å². The number of hydrogen-bond acceptors (Lipinski definition) is 8. The molecule has 0 aliphatic carbocycles. The van der Waals surface area contributed by atoms with E-state index in [2.05, 4.69) is 29.8 Å². The Morgan fingerprint density at radius 2 is 1.94 bits per heavy atom. The van der Waals surface area contributed by atoms with Crippen LogP contribution in [0.2, 0.25) is 0 Å². The number of rotatable bonds is 6. The highest BCUT2D eigenvalue weighted by molar-refractivity contribution is 5.60. The molecular weight excluding hydrogens is 408 g/mol. The summed E-state index contributed by atoms with van der Waals surface area (Å²) in [5, 5.41) is 13.3. The summed E-state index contributed by atoms with van der Waals surface area (Å²) in [6, 6.07) is 5.62. The van der Waals surface area contributed by atoms with Crippen LogP contribution in [-0.2, 0) is 19.5 Å². The van der Waals surface area contributed by atoms with Crippen molar-refractivity contribution < 1.29 is 14.0 Å². The number of ether oxygens (including phenoxy) is 2. The Bertz CT molecular complexity index is 1060. The van der Waals surface area contributed by atoms with Gasteiger partial charge in [0.15, 0.2) is 11.5 Å². The first-order valence-corrected chi connectivity index (χ1v) is 11.4. The molecule has 1 saturated heterocycles. The molecule has 1 aromatic carbocycles. The van der Waals surface area contributed by atoms with Gasteiger partial charge in [-0.2, -0.15) is 4.98 Å². The standard InChI is InChI=1S/C23H30N6O3/c1-30-18-10-9-16(13-19(18)31-2)22-24-21(32-27-22)15-28-11-6-7-17(14-28)23-26-25-20-8-4-3-5-12-29(20)23/h9-10,13,17H,3-8,11-12,14-15H2,1-2H3/t17-/m0/s1. The van der Waals surface area contributed by atoms with Crippen LogP contribution in [0.1, 0.15) is 55.6 Å². The molecule has 5 rings (SSSR count). The number of hydrogen-bond donors (Lipinski definition) is 0. The Balaban J connectivity index is 1.27. The molecule has 2 aliphatic rings. The largest absolute Gasteiger partial charge is 0.493 e. The Hall–Kier alpha value is -2.94. The van der Waals surface area contributed by atoms with Crippen LogP contribution in [0.4, 0.5) is 0 Å². The number of fused-ring (bicyclic) bond motifs is 1. The molecular formula is C23H30N6O3. The van der Waals surface area contributed by atoms with Crippen LogP contribution in [0.25, 0.3) is 11.4 Å². The number of aromatic nitrogens is 5. The molecule has 2 aromatic heterocycles. The highest BCUT2D eigenvalue weighted by Gasteiger charge is 2.28. The third-order valence-electron chi connectivity index (χ3n) is 6.48. The summed E-state index contributed by atoms with van der Waals surface area (Å²) >= 11 is 0. The number of methoxy groups -OCH3 is 2. The first-order chi connectivity index (χ1) is 15.7. The zero-order valence-corrected chi connectivity index (χ0v) is 18.8. The lowest BCUT2D eigenvalue weighted by molar-refractivity contribution is 0.172. The van der Waals surface area contributed by atoms with E-state index < -0.39 is 0 Å². The third kappa shape index (κ3) is 4.21. The minimum Gasteiger partial charge on any atom is -0.493 e. The summed E-state index contributed by atoms with van der Waals surface area (Å²) in [6.07, 6.45) is 7.03. The van der Waals surface area contributed by atoms with Crippen LogP contribution in [0, 0.1) is 0 Å². The SMILES string of the molecule is COc1ccc(-c2noc(CN3CCC[C@H](c4nnc5n4CCCCC5)C3)n2)cc1OC. The molecule has 0 spiro atoms. The zero-order chi connectivity index (χ0) is 21.9. The Kier molecular flexibility index (Phi) is 6.07. The second-order valence-electron chi connectivity index (χ2n) is 8.59. The van der Waals surface area contributed by atoms with Crippen LogP contribution in [0.5, 0.6) is 11.5 Å². The van der Waals surface area contributed by atoms with E-state index in [4.69, 9.17) is 14.0 Å². The number of piperidine rings is 1.